The molecule has 30 heavy (non-hydrogen) atoms. The Morgan fingerprint density at radius 2 is 1.77 bits per heavy atom. The largest absolute Gasteiger partial charge is 0.478 e. The van der Waals surface area contributed by atoms with Crippen molar-refractivity contribution in [3.8, 4) is 0 Å². The summed E-state index contributed by atoms with van der Waals surface area (Å²) in [7, 11) is 0. The number of nitrogens with zero attached hydrogens (tertiary/aromatic N) is 2. The number of carboxylic acids is 1. The zero-order valence-electron chi connectivity index (χ0n) is 18.1. The fraction of sp³-hybridized carbons (Fsp3) is 0.423. The quantitative estimate of drug-likeness (QED) is 0.544. The van der Waals surface area contributed by atoms with Crippen molar-refractivity contribution in [3.63, 3.8) is 0 Å². The van der Waals surface area contributed by atoms with Crippen molar-refractivity contribution in [3.05, 3.63) is 71.4 Å². The number of hydrogen-bond acceptors (Lipinski definition) is 2. The van der Waals surface area contributed by atoms with E-state index in [0.717, 1.165) is 26.2 Å². The number of benzene rings is 2. The predicted molar refractivity (Wildman–Crippen MR) is 122 cm³/mol. The number of carbonyl (C=O) groups is 1. The first-order chi connectivity index (χ1) is 14.5. The van der Waals surface area contributed by atoms with Crippen LogP contribution in [-0.4, -0.2) is 33.6 Å². The highest BCUT2D eigenvalue weighted by Crippen LogP contribution is 2.35. The molecular formula is C26H32N2O2. The van der Waals surface area contributed by atoms with E-state index >= 15 is 0 Å². The summed E-state index contributed by atoms with van der Waals surface area (Å²) in [5.74, 6) is 0.457. The van der Waals surface area contributed by atoms with Gasteiger partial charge in [0.2, 0.25) is 0 Å². The van der Waals surface area contributed by atoms with E-state index in [1.165, 1.54) is 41.3 Å². The van der Waals surface area contributed by atoms with Crippen LogP contribution in [-0.2, 0) is 13.1 Å². The Balaban J connectivity index is 1.42. The second-order valence-electron chi connectivity index (χ2n) is 9.03. The molecule has 3 aromatic rings. The van der Waals surface area contributed by atoms with Crippen molar-refractivity contribution in [2.24, 2.45) is 5.92 Å². The zero-order valence-corrected chi connectivity index (χ0v) is 18.1. The fourth-order valence-electron chi connectivity index (χ4n) is 4.60. The number of aromatic carboxylic acids is 1. The van der Waals surface area contributed by atoms with Crippen LogP contribution < -0.4 is 0 Å². The average Bonchev–Trinajstić information content (AvgIpc) is 3.12. The third kappa shape index (κ3) is 4.59. The maximum absolute atomic E-state index is 11.0. The molecule has 0 saturated carbocycles. The van der Waals surface area contributed by atoms with Gasteiger partial charge < -0.3 is 9.67 Å². The van der Waals surface area contributed by atoms with Gasteiger partial charge in [0.15, 0.2) is 0 Å². The molecule has 4 heteroatoms. The first kappa shape index (κ1) is 20.7. The molecule has 4 nitrogen and oxygen atoms in total. The van der Waals surface area contributed by atoms with Gasteiger partial charge in [-0.1, -0.05) is 44.2 Å². The number of aromatic nitrogens is 1. The highest BCUT2D eigenvalue weighted by Gasteiger charge is 2.24. The second-order valence-corrected chi connectivity index (χ2v) is 9.03. The van der Waals surface area contributed by atoms with E-state index in [9.17, 15) is 4.79 Å². The molecule has 1 aliphatic heterocycles. The molecule has 1 aliphatic rings. The molecule has 2 aromatic carbocycles. The summed E-state index contributed by atoms with van der Waals surface area (Å²) >= 11 is 0. The van der Waals surface area contributed by atoms with Crippen molar-refractivity contribution in [1.82, 2.24) is 9.47 Å². The monoisotopic (exact) mass is 404 g/mol. The molecule has 0 unspecified atom stereocenters. The molecule has 158 valence electrons. The van der Waals surface area contributed by atoms with Crippen molar-refractivity contribution in [2.45, 2.75) is 52.1 Å². The number of fused-ring (bicyclic) bond motifs is 1. The van der Waals surface area contributed by atoms with Crippen LogP contribution in [0.3, 0.4) is 0 Å². The topological polar surface area (TPSA) is 45.5 Å². The van der Waals surface area contributed by atoms with Crippen LogP contribution in [0.5, 0.6) is 0 Å². The van der Waals surface area contributed by atoms with Gasteiger partial charge in [0.25, 0.3) is 0 Å². The Labute approximate surface area is 179 Å². The number of piperidine rings is 1. The first-order valence-corrected chi connectivity index (χ1v) is 11.1. The van der Waals surface area contributed by atoms with Gasteiger partial charge in [-0.3, -0.25) is 4.90 Å². The summed E-state index contributed by atoms with van der Waals surface area (Å²) in [5, 5.41) is 10.5. The lowest BCUT2D eigenvalue weighted by Gasteiger charge is -2.32. The smallest absolute Gasteiger partial charge is 0.335 e. The Kier molecular flexibility index (Phi) is 6.24. The number of aryl methyl sites for hydroxylation is 1. The molecule has 0 bridgehead atoms. The van der Waals surface area contributed by atoms with Gasteiger partial charge >= 0.3 is 5.97 Å². The van der Waals surface area contributed by atoms with Crippen LogP contribution >= 0.6 is 0 Å². The van der Waals surface area contributed by atoms with Crippen LogP contribution in [0.4, 0.5) is 0 Å². The van der Waals surface area contributed by atoms with E-state index < -0.39 is 5.97 Å². The van der Waals surface area contributed by atoms with E-state index in [4.69, 9.17) is 5.11 Å². The lowest BCUT2D eigenvalue weighted by molar-refractivity contribution is 0.0697. The SMILES string of the molecule is CC(C)CCn1cc(C2CCN(Cc3ccc(C(=O)O)cc3)CC2)c2ccccc21. The molecule has 1 fully saturated rings. The Morgan fingerprint density at radius 3 is 2.43 bits per heavy atom. The van der Waals surface area contributed by atoms with E-state index in [0.29, 0.717) is 17.4 Å². The third-order valence-corrected chi connectivity index (χ3v) is 6.40. The Morgan fingerprint density at radius 1 is 1.07 bits per heavy atom. The summed E-state index contributed by atoms with van der Waals surface area (Å²) in [6.45, 7) is 8.72. The van der Waals surface area contributed by atoms with Gasteiger partial charge in [0, 0.05) is 30.2 Å². The van der Waals surface area contributed by atoms with Crippen molar-refractivity contribution >= 4 is 16.9 Å². The number of likely N-dealkylation sites (tertiary alicyclic amines) is 1. The number of hydrogen-bond donors (Lipinski definition) is 1. The molecule has 1 aromatic heterocycles. The lowest BCUT2D eigenvalue weighted by atomic mass is 9.89. The third-order valence-electron chi connectivity index (χ3n) is 6.40. The molecule has 0 aliphatic carbocycles. The molecule has 0 radical (unpaired) electrons. The van der Waals surface area contributed by atoms with E-state index in [2.05, 4.69) is 53.8 Å². The van der Waals surface area contributed by atoms with Crippen LogP contribution in [0.25, 0.3) is 10.9 Å². The van der Waals surface area contributed by atoms with Gasteiger partial charge in [-0.25, -0.2) is 4.79 Å². The molecule has 1 N–H and O–H groups in total. The lowest BCUT2D eigenvalue weighted by Crippen LogP contribution is -2.32. The van der Waals surface area contributed by atoms with Gasteiger partial charge in [-0.05, 0) is 73.5 Å². The van der Waals surface area contributed by atoms with Crippen LogP contribution in [0, 0.1) is 5.92 Å². The molecular weight excluding hydrogens is 372 g/mol. The summed E-state index contributed by atoms with van der Waals surface area (Å²) in [6.07, 6.45) is 5.96. The van der Waals surface area contributed by atoms with Crippen molar-refractivity contribution in [1.29, 1.82) is 0 Å². The molecule has 4 rings (SSSR count). The van der Waals surface area contributed by atoms with Gasteiger partial charge in [0.05, 0.1) is 5.56 Å². The molecule has 0 amide bonds. The number of para-hydroxylation sites is 1. The summed E-state index contributed by atoms with van der Waals surface area (Å²) in [5.41, 5.74) is 4.42. The average molecular weight is 405 g/mol. The van der Waals surface area contributed by atoms with Gasteiger partial charge in [0.1, 0.15) is 0 Å². The summed E-state index contributed by atoms with van der Waals surface area (Å²) in [4.78, 5) is 13.5. The molecule has 2 heterocycles. The second kappa shape index (κ2) is 9.05. The molecule has 1 saturated heterocycles. The Bertz CT molecular complexity index is 996. The molecule has 0 atom stereocenters. The minimum absolute atomic E-state index is 0.353. The van der Waals surface area contributed by atoms with Crippen LogP contribution in [0.2, 0.25) is 0 Å². The van der Waals surface area contributed by atoms with Crippen LogP contribution in [0.15, 0.2) is 54.7 Å². The number of rotatable bonds is 7. The minimum atomic E-state index is -0.866. The van der Waals surface area contributed by atoms with Crippen molar-refractivity contribution < 1.29 is 9.90 Å². The van der Waals surface area contributed by atoms with Gasteiger partial charge in [-0.2, -0.15) is 0 Å². The standard InChI is InChI=1S/C26H32N2O2/c1-19(2)11-16-28-18-24(23-5-3-4-6-25(23)28)21-12-14-27(15-13-21)17-20-7-9-22(10-8-20)26(29)30/h3-10,18-19,21H,11-17H2,1-2H3,(H,29,30). The summed E-state index contributed by atoms with van der Waals surface area (Å²) in [6, 6.07) is 16.1. The normalized spacial score (nSPS) is 15.8. The molecule has 0 spiro atoms. The number of carboxylic acid groups (broad SMARTS) is 1. The maximum atomic E-state index is 11.0. The van der Waals surface area contributed by atoms with E-state index in [-0.39, 0.29) is 0 Å². The first-order valence-electron chi connectivity index (χ1n) is 11.1. The fourth-order valence-corrected chi connectivity index (χ4v) is 4.60. The van der Waals surface area contributed by atoms with Gasteiger partial charge in [-0.15, -0.1) is 0 Å². The minimum Gasteiger partial charge on any atom is -0.478 e. The zero-order chi connectivity index (χ0) is 21.1. The highest BCUT2D eigenvalue weighted by atomic mass is 16.4. The van der Waals surface area contributed by atoms with E-state index in [1.54, 1.807) is 12.1 Å². The van der Waals surface area contributed by atoms with Crippen LogP contribution in [0.1, 0.15) is 60.5 Å². The Hall–Kier alpha value is -2.59. The van der Waals surface area contributed by atoms with E-state index in [1.807, 2.05) is 12.1 Å². The summed E-state index contributed by atoms with van der Waals surface area (Å²) < 4.78 is 2.46. The predicted octanol–water partition coefficient (Wildman–Crippen LogP) is 5.77. The highest BCUT2D eigenvalue weighted by molar-refractivity contribution is 5.87. The maximum Gasteiger partial charge on any atom is 0.335 e. The van der Waals surface area contributed by atoms with Crippen molar-refractivity contribution in [2.75, 3.05) is 13.1 Å².